The number of hydrogen-bond donors (Lipinski definition) is 1. The molecule has 6 heteroatoms. The minimum atomic E-state index is -3.50. The second-order valence-electron chi connectivity index (χ2n) is 6.94. The summed E-state index contributed by atoms with van der Waals surface area (Å²) in [5.41, 5.74) is 1.83. The topological polar surface area (TPSA) is 63.2 Å². The standard InChI is InChI=1S/C20H22BrNO3S/c21-18-9-4-6-16(12-18)13-26(24,25)14-19(23)22-15-20(10-5-11-20)17-7-2-1-3-8-17/h1-4,6-9,12H,5,10-11,13-15H2,(H,22,23). The van der Waals surface area contributed by atoms with Gasteiger partial charge < -0.3 is 5.32 Å². The monoisotopic (exact) mass is 435 g/mol. The van der Waals surface area contributed by atoms with E-state index in [-0.39, 0.29) is 11.2 Å². The highest BCUT2D eigenvalue weighted by molar-refractivity contribution is 9.10. The summed E-state index contributed by atoms with van der Waals surface area (Å²) in [6, 6.07) is 17.3. The van der Waals surface area contributed by atoms with E-state index >= 15 is 0 Å². The fourth-order valence-corrected chi connectivity index (χ4v) is 5.15. The Labute approximate surface area is 163 Å². The predicted molar refractivity (Wildman–Crippen MR) is 107 cm³/mol. The van der Waals surface area contributed by atoms with Gasteiger partial charge in [-0.3, -0.25) is 4.79 Å². The van der Waals surface area contributed by atoms with Crippen LogP contribution in [0, 0.1) is 0 Å². The number of carbonyl (C=O) groups excluding carboxylic acids is 1. The van der Waals surface area contributed by atoms with Crippen LogP contribution in [0.3, 0.4) is 0 Å². The fourth-order valence-electron chi connectivity index (χ4n) is 3.41. The van der Waals surface area contributed by atoms with Crippen LogP contribution < -0.4 is 5.32 Å². The third kappa shape index (κ3) is 4.74. The van der Waals surface area contributed by atoms with E-state index in [2.05, 4.69) is 33.4 Å². The summed E-state index contributed by atoms with van der Waals surface area (Å²) in [4.78, 5) is 12.2. The van der Waals surface area contributed by atoms with E-state index in [4.69, 9.17) is 0 Å². The highest BCUT2D eigenvalue weighted by Crippen LogP contribution is 2.43. The molecule has 0 atom stereocenters. The molecule has 1 amide bonds. The second-order valence-corrected chi connectivity index (χ2v) is 9.92. The molecule has 2 aromatic carbocycles. The van der Waals surface area contributed by atoms with Crippen LogP contribution in [0.4, 0.5) is 0 Å². The van der Waals surface area contributed by atoms with Gasteiger partial charge in [-0.15, -0.1) is 0 Å². The minimum absolute atomic E-state index is 0.0506. The molecule has 1 N–H and O–H groups in total. The van der Waals surface area contributed by atoms with Gasteiger partial charge in [-0.1, -0.05) is 64.8 Å². The van der Waals surface area contributed by atoms with Gasteiger partial charge in [0.05, 0.1) is 5.75 Å². The Morgan fingerprint density at radius 1 is 1.08 bits per heavy atom. The summed E-state index contributed by atoms with van der Waals surface area (Å²) < 4.78 is 25.5. The maximum Gasteiger partial charge on any atom is 0.235 e. The molecule has 0 unspecified atom stereocenters. The van der Waals surface area contributed by atoms with E-state index in [1.54, 1.807) is 18.2 Å². The quantitative estimate of drug-likeness (QED) is 0.722. The maximum atomic E-state index is 12.3. The zero-order chi connectivity index (χ0) is 18.6. The Morgan fingerprint density at radius 2 is 1.81 bits per heavy atom. The fraction of sp³-hybridized carbons (Fsp3) is 0.350. The van der Waals surface area contributed by atoms with Crippen LogP contribution in [0.2, 0.25) is 0 Å². The van der Waals surface area contributed by atoms with E-state index < -0.39 is 21.5 Å². The molecule has 1 saturated carbocycles. The van der Waals surface area contributed by atoms with Crippen LogP contribution in [-0.4, -0.2) is 26.6 Å². The van der Waals surface area contributed by atoms with Crippen molar-refractivity contribution in [2.75, 3.05) is 12.3 Å². The normalized spacial score (nSPS) is 15.9. The van der Waals surface area contributed by atoms with Crippen LogP contribution in [0.5, 0.6) is 0 Å². The summed E-state index contributed by atoms with van der Waals surface area (Å²) in [6.07, 6.45) is 3.16. The van der Waals surface area contributed by atoms with Gasteiger partial charge in [-0.2, -0.15) is 0 Å². The third-order valence-electron chi connectivity index (χ3n) is 4.95. The van der Waals surface area contributed by atoms with E-state index in [0.29, 0.717) is 12.1 Å². The molecule has 0 spiro atoms. The third-order valence-corrected chi connectivity index (χ3v) is 6.92. The molecule has 0 aromatic heterocycles. The number of nitrogens with one attached hydrogen (secondary N) is 1. The van der Waals surface area contributed by atoms with Crippen molar-refractivity contribution in [2.45, 2.75) is 30.4 Å². The minimum Gasteiger partial charge on any atom is -0.354 e. The van der Waals surface area contributed by atoms with Crippen LogP contribution in [-0.2, 0) is 25.8 Å². The molecular weight excluding hydrogens is 414 g/mol. The number of rotatable bonds is 7. The van der Waals surface area contributed by atoms with Gasteiger partial charge in [0.15, 0.2) is 9.84 Å². The van der Waals surface area contributed by atoms with Gasteiger partial charge in [0.2, 0.25) is 5.91 Å². The smallest absolute Gasteiger partial charge is 0.235 e. The lowest BCUT2D eigenvalue weighted by molar-refractivity contribution is -0.119. The first-order valence-electron chi connectivity index (χ1n) is 8.66. The SMILES string of the molecule is O=C(CS(=O)(=O)Cc1cccc(Br)c1)NCC1(c2ccccc2)CCC1. The molecule has 4 nitrogen and oxygen atoms in total. The zero-order valence-corrected chi connectivity index (χ0v) is 16.9. The molecule has 1 fully saturated rings. The molecule has 0 radical (unpaired) electrons. The van der Waals surface area contributed by atoms with Crippen LogP contribution in [0.15, 0.2) is 59.1 Å². The van der Waals surface area contributed by atoms with Crippen molar-refractivity contribution in [3.05, 3.63) is 70.2 Å². The summed E-state index contributed by atoms with van der Waals surface area (Å²) in [6.45, 7) is 0.488. The Bertz CT molecular complexity index is 877. The van der Waals surface area contributed by atoms with Gasteiger partial charge in [-0.05, 0) is 36.1 Å². The van der Waals surface area contributed by atoms with Crippen molar-refractivity contribution < 1.29 is 13.2 Å². The number of amides is 1. The summed E-state index contributed by atoms with van der Waals surface area (Å²) in [5.74, 6) is -1.05. The van der Waals surface area contributed by atoms with Gasteiger partial charge in [0, 0.05) is 16.4 Å². The number of hydrogen-bond acceptors (Lipinski definition) is 3. The molecule has 138 valence electrons. The molecule has 0 saturated heterocycles. The summed E-state index contributed by atoms with van der Waals surface area (Å²) in [5, 5.41) is 2.85. The first-order valence-corrected chi connectivity index (χ1v) is 11.3. The largest absolute Gasteiger partial charge is 0.354 e. The Morgan fingerprint density at radius 3 is 2.42 bits per heavy atom. The molecule has 0 heterocycles. The van der Waals surface area contributed by atoms with E-state index in [1.807, 2.05) is 24.3 Å². The van der Waals surface area contributed by atoms with Crippen molar-refractivity contribution in [2.24, 2.45) is 0 Å². The molecule has 26 heavy (non-hydrogen) atoms. The van der Waals surface area contributed by atoms with Crippen molar-refractivity contribution in [3.63, 3.8) is 0 Å². The Balaban J connectivity index is 1.58. The highest BCUT2D eigenvalue weighted by atomic mass is 79.9. The van der Waals surface area contributed by atoms with Crippen LogP contribution >= 0.6 is 15.9 Å². The molecule has 1 aliphatic rings. The molecular formula is C20H22BrNO3S. The number of carbonyl (C=O) groups is 1. The molecule has 0 bridgehead atoms. The van der Waals surface area contributed by atoms with E-state index in [1.165, 1.54) is 5.56 Å². The molecule has 3 rings (SSSR count). The Kier molecular flexibility index (Phi) is 5.82. The lowest BCUT2D eigenvalue weighted by Crippen LogP contribution is -2.46. The van der Waals surface area contributed by atoms with Crippen LogP contribution in [0.25, 0.3) is 0 Å². The van der Waals surface area contributed by atoms with Gasteiger partial charge >= 0.3 is 0 Å². The first kappa shape index (κ1) is 19.1. The number of halogens is 1. The second kappa shape index (κ2) is 7.92. The van der Waals surface area contributed by atoms with Gasteiger partial charge in [-0.25, -0.2) is 8.42 Å². The van der Waals surface area contributed by atoms with Gasteiger partial charge in [0.25, 0.3) is 0 Å². The molecule has 0 aliphatic heterocycles. The first-order chi connectivity index (χ1) is 12.4. The maximum absolute atomic E-state index is 12.3. The van der Waals surface area contributed by atoms with E-state index in [0.717, 1.165) is 23.7 Å². The molecule has 1 aliphatic carbocycles. The summed E-state index contributed by atoms with van der Waals surface area (Å²) in [7, 11) is -3.50. The van der Waals surface area contributed by atoms with E-state index in [9.17, 15) is 13.2 Å². The number of sulfone groups is 1. The lowest BCUT2D eigenvalue weighted by Gasteiger charge is -2.42. The van der Waals surface area contributed by atoms with Crippen molar-refractivity contribution >= 4 is 31.7 Å². The Hall–Kier alpha value is -1.66. The lowest BCUT2D eigenvalue weighted by atomic mass is 9.64. The zero-order valence-electron chi connectivity index (χ0n) is 14.4. The van der Waals surface area contributed by atoms with Crippen molar-refractivity contribution in [1.82, 2.24) is 5.32 Å². The average Bonchev–Trinajstić information content (AvgIpc) is 2.54. The van der Waals surface area contributed by atoms with Crippen LogP contribution in [0.1, 0.15) is 30.4 Å². The van der Waals surface area contributed by atoms with Crippen molar-refractivity contribution in [3.8, 4) is 0 Å². The summed E-state index contributed by atoms with van der Waals surface area (Å²) >= 11 is 3.33. The predicted octanol–water partition coefficient (Wildman–Crippen LogP) is 3.60. The van der Waals surface area contributed by atoms with Crippen molar-refractivity contribution in [1.29, 1.82) is 0 Å². The molecule has 2 aromatic rings. The van der Waals surface area contributed by atoms with Gasteiger partial charge in [0.1, 0.15) is 5.75 Å². The average molecular weight is 436 g/mol. The number of benzene rings is 2. The highest BCUT2D eigenvalue weighted by Gasteiger charge is 2.38.